The van der Waals surface area contributed by atoms with Crippen molar-refractivity contribution in [1.82, 2.24) is 0 Å². The lowest BCUT2D eigenvalue weighted by molar-refractivity contribution is 0.107. The lowest BCUT2D eigenvalue weighted by Gasteiger charge is -2.47. The minimum Gasteiger partial charge on any atom is -0.321 e. The Morgan fingerprint density at radius 1 is 1.32 bits per heavy atom. The van der Waals surface area contributed by atoms with Crippen LogP contribution < -0.4 is 5.73 Å². The van der Waals surface area contributed by atoms with E-state index in [-0.39, 0.29) is 11.4 Å². The molecule has 0 aliphatic heterocycles. The molecule has 106 valence electrons. The second-order valence-electron chi connectivity index (χ2n) is 6.74. The van der Waals surface area contributed by atoms with E-state index in [2.05, 4.69) is 20.8 Å². The predicted molar refractivity (Wildman–Crippen MR) is 78.3 cm³/mol. The van der Waals surface area contributed by atoms with E-state index < -0.39 is 0 Å². The summed E-state index contributed by atoms with van der Waals surface area (Å²) in [5.41, 5.74) is 8.57. The zero-order valence-electron chi connectivity index (χ0n) is 12.5. The summed E-state index contributed by atoms with van der Waals surface area (Å²) < 4.78 is 13.6. The molecule has 0 amide bonds. The van der Waals surface area contributed by atoms with Crippen molar-refractivity contribution in [1.29, 1.82) is 0 Å². The molecule has 19 heavy (non-hydrogen) atoms. The fourth-order valence-electron chi connectivity index (χ4n) is 3.89. The Kier molecular flexibility index (Phi) is 4.00. The van der Waals surface area contributed by atoms with E-state index in [0.29, 0.717) is 17.8 Å². The van der Waals surface area contributed by atoms with E-state index in [4.69, 9.17) is 5.73 Å². The maximum absolute atomic E-state index is 13.6. The van der Waals surface area contributed by atoms with Crippen molar-refractivity contribution in [3.05, 3.63) is 35.1 Å². The number of aryl methyl sites for hydroxylation is 1. The molecule has 0 spiro atoms. The summed E-state index contributed by atoms with van der Waals surface area (Å²) in [6.45, 7) is 8.76. The van der Waals surface area contributed by atoms with Gasteiger partial charge in [0.2, 0.25) is 0 Å². The zero-order chi connectivity index (χ0) is 14.2. The molecule has 2 heteroatoms. The summed E-state index contributed by atoms with van der Waals surface area (Å²) in [6, 6.07) is 5.04. The average Bonchev–Trinajstić information content (AvgIpc) is 2.31. The van der Waals surface area contributed by atoms with Crippen LogP contribution in [0.3, 0.4) is 0 Å². The second kappa shape index (κ2) is 5.24. The normalized spacial score (nSPS) is 31.7. The molecule has 1 aliphatic carbocycles. The number of hydrogen-bond donors (Lipinski definition) is 1. The number of rotatable bonds is 2. The molecule has 0 saturated heterocycles. The summed E-state index contributed by atoms with van der Waals surface area (Å²) in [5, 5.41) is 0. The molecule has 2 rings (SSSR count). The van der Waals surface area contributed by atoms with Gasteiger partial charge in [-0.15, -0.1) is 0 Å². The highest BCUT2D eigenvalue weighted by Crippen LogP contribution is 2.46. The Hall–Kier alpha value is -0.890. The van der Waals surface area contributed by atoms with Gasteiger partial charge in [-0.25, -0.2) is 4.39 Å². The fraction of sp³-hybridized carbons (Fsp3) is 0.647. The summed E-state index contributed by atoms with van der Waals surface area (Å²) >= 11 is 0. The number of nitrogens with two attached hydrogens (primary N) is 1. The summed E-state index contributed by atoms with van der Waals surface area (Å²) in [6.07, 6.45) is 3.33. The maximum Gasteiger partial charge on any atom is 0.123 e. The number of hydrogen-bond acceptors (Lipinski definition) is 1. The lowest BCUT2D eigenvalue weighted by atomic mass is 9.62. The first-order valence-corrected chi connectivity index (χ1v) is 7.40. The molecule has 0 heterocycles. The van der Waals surface area contributed by atoms with Gasteiger partial charge < -0.3 is 5.73 Å². The first-order chi connectivity index (χ1) is 8.84. The van der Waals surface area contributed by atoms with Crippen LogP contribution >= 0.6 is 0 Å². The number of benzene rings is 1. The fourth-order valence-corrected chi connectivity index (χ4v) is 3.89. The SMILES string of the molecule is Cc1ccc(F)cc1C1(N)CC(C)CCC1C(C)C. The molecule has 1 aromatic carbocycles. The van der Waals surface area contributed by atoms with E-state index in [1.54, 1.807) is 6.07 Å². The van der Waals surface area contributed by atoms with E-state index >= 15 is 0 Å². The van der Waals surface area contributed by atoms with E-state index in [1.165, 1.54) is 12.5 Å². The van der Waals surface area contributed by atoms with Crippen LogP contribution in [0.5, 0.6) is 0 Å². The lowest BCUT2D eigenvalue weighted by Crippen LogP contribution is -2.50. The largest absolute Gasteiger partial charge is 0.321 e. The molecule has 2 N–H and O–H groups in total. The van der Waals surface area contributed by atoms with Gasteiger partial charge in [0.05, 0.1) is 0 Å². The van der Waals surface area contributed by atoms with E-state index in [9.17, 15) is 4.39 Å². The smallest absolute Gasteiger partial charge is 0.123 e. The minimum absolute atomic E-state index is 0.175. The zero-order valence-corrected chi connectivity index (χ0v) is 12.5. The van der Waals surface area contributed by atoms with Gasteiger partial charge >= 0.3 is 0 Å². The van der Waals surface area contributed by atoms with Crippen LogP contribution in [0.2, 0.25) is 0 Å². The molecule has 1 saturated carbocycles. The molecule has 0 radical (unpaired) electrons. The van der Waals surface area contributed by atoms with Gasteiger partial charge in [-0.2, -0.15) is 0 Å². The van der Waals surface area contributed by atoms with Gasteiger partial charge in [0.1, 0.15) is 5.82 Å². The van der Waals surface area contributed by atoms with Crippen LogP contribution in [-0.2, 0) is 5.54 Å². The standard InChI is InChI=1S/C17H26FN/c1-11(2)15-8-5-12(3)10-17(15,19)16-9-14(18)7-6-13(16)4/h6-7,9,11-12,15H,5,8,10,19H2,1-4H3. The van der Waals surface area contributed by atoms with Crippen molar-refractivity contribution in [2.75, 3.05) is 0 Å². The monoisotopic (exact) mass is 263 g/mol. The van der Waals surface area contributed by atoms with Gasteiger partial charge in [-0.1, -0.05) is 33.3 Å². The first kappa shape index (κ1) is 14.5. The highest BCUT2D eigenvalue weighted by atomic mass is 19.1. The Labute approximate surface area is 116 Å². The molecule has 1 fully saturated rings. The van der Waals surface area contributed by atoms with Gasteiger partial charge in [-0.3, -0.25) is 0 Å². The molecule has 1 nitrogen and oxygen atoms in total. The molecule has 0 aromatic heterocycles. The van der Waals surface area contributed by atoms with E-state index in [1.807, 2.05) is 13.0 Å². The Bertz CT molecular complexity index is 455. The summed E-state index contributed by atoms with van der Waals surface area (Å²) in [7, 11) is 0. The molecule has 0 bridgehead atoms. The van der Waals surface area contributed by atoms with Crippen molar-refractivity contribution in [3.8, 4) is 0 Å². The molecule has 1 aliphatic rings. The molecule has 3 atom stereocenters. The highest BCUT2D eigenvalue weighted by molar-refractivity contribution is 5.34. The molecule has 3 unspecified atom stereocenters. The highest BCUT2D eigenvalue weighted by Gasteiger charge is 2.43. The summed E-state index contributed by atoms with van der Waals surface area (Å²) in [4.78, 5) is 0. The van der Waals surface area contributed by atoms with Crippen LogP contribution in [0.15, 0.2) is 18.2 Å². The molecular weight excluding hydrogens is 237 g/mol. The van der Waals surface area contributed by atoms with Gasteiger partial charge in [0.25, 0.3) is 0 Å². The maximum atomic E-state index is 13.6. The topological polar surface area (TPSA) is 26.0 Å². The third-order valence-electron chi connectivity index (χ3n) is 4.82. The number of halogens is 1. The van der Waals surface area contributed by atoms with Crippen molar-refractivity contribution in [3.63, 3.8) is 0 Å². The first-order valence-electron chi connectivity index (χ1n) is 7.40. The van der Waals surface area contributed by atoms with Crippen LogP contribution in [0.1, 0.15) is 51.2 Å². The Morgan fingerprint density at radius 3 is 2.63 bits per heavy atom. The van der Waals surface area contributed by atoms with Gasteiger partial charge in [-0.05, 0) is 60.8 Å². The minimum atomic E-state index is -0.377. The van der Waals surface area contributed by atoms with Crippen LogP contribution in [0.25, 0.3) is 0 Å². The third-order valence-corrected chi connectivity index (χ3v) is 4.82. The van der Waals surface area contributed by atoms with Gasteiger partial charge in [0.15, 0.2) is 0 Å². The second-order valence-corrected chi connectivity index (χ2v) is 6.74. The third kappa shape index (κ3) is 2.69. The molecular formula is C17H26FN. The van der Waals surface area contributed by atoms with Crippen molar-refractivity contribution >= 4 is 0 Å². The van der Waals surface area contributed by atoms with Crippen molar-refractivity contribution in [2.24, 2.45) is 23.5 Å². The quantitative estimate of drug-likeness (QED) is 0.842. The van der Waals surface area contributed by atoms with Crippen LogP contribution in [-0.4, -0.2) is 0 Å². The van der Waals surface area contributed by atoms with Crippen LogP contribution in [0, 0.1) is 30.5 Å². The van der Waals surface area contributed by atoms with E-state index in [0.717, 1.165) is 24.0 Å². The van der Waals surface area contributed by atoms with Crippen molar-refractivity contribution < 1.29 is 4.39 Å². The average molecular weight is 263 g/mol. The van der Waals surface area contributed by atoms with Gasteiger partial charge in [0, 0.05) is 5.54 Å². The summed E-state index contributed by atoms with van der Waals surface area (Å²) in [5.74, 6) is 1.40. The van der Waals surface area contributed by atoms with Crippen LogP contribution in [0.4, 0.5) is 4.39 Å². The van der Waals surface area contributed by atoms with Crippen molar-refractivity contribution in [2.45, 2.75) is 52.5 Å². The Balaban J connectivity index is 2.49. The Morgan fingerprint density at radius 2 is 2.00 bits per heavy atom. The predicted octanol–water partition coefficient (Wildman–Crippen LogP) is 4.38. The molecule has 1 aromatic rings.